The van der Waals surface area contributed by atoms with Gasteiger partial charge in [0.05, 0.1) is 12.8 Å². The minimum atomic E-state index is -0.494. The molecule has 8 heteroatoms. The summed E-state index contributed by atoms with van der Waals surface area (Å²) >= 11 is 10.3. The molecule has 1 fully saturated rings. The Kier molecular flexibility index (Phi) is 7.06. The number of anilines is 1. The molecule has 32 heavy (non-hydrogen) atoms. The Morgan fingerprint density at radius 3 is 2.25 bits per heavy atom. The molecule has 1 aliphatic rings. The number of hydrogen-bond donors (Lipinski definition) is 1. The van der Waals surface area contributed by atoms with Crippen LogP contribution >= 0.6 is 56.8 Å². The third kappa shape index (κ3) is 5.10. The van der Waals surface area contributed by atoms with Crippen LogP contribution in [-0.4, -0.2) is 11.9 Å². The maximum Gasteiger partial charge on any atom is 0.333 e. The summed E-state index contributed by atoms with van der Waals surface area (Å²) < 4.78 is 7.88. The molecule has 1 aliphatic heterocycles. The van der Waals surface area contributed by atoms with Gasteiger partial charge in [0, 0.05) is 5.02 Å². The molecule has 3 aromatic carbocycles. The summed E-state index contributed by atoms with van der Waals surface area (Å²) in [6.07, 6.45) is 1.67. The molecule has 3 amide bonds. The number of nitrogens with one attached hydrogen (secondary N) is 1. The van der Waals surface area contributed by atoms with E-state index in [1.54, 1.807) is 30.3 Å². The van der Waals surface area contributed by atoms with Crippen molar-refractivity contribution in [1.29, 1.82) is 0 Å². The van der Waals surface area contributed by atoms with Crippen LogP contribution in [0, 0.1) is 14.1 Å². The number of urea groups is 1. The molecule has 5 nitrogen and oxygen atoms in total. The summed E-state index contributed by atoms with van der Waals surface area (Å²) in [5, 5.41) is 3.18. The van der Waals surface area contributed by atoms with E-state index in [1.165, 1.54) is 5.56 Å². The second kappa shape index (κ2) is 9.80. The zero-order chi connectivity index (χ0) is 22.8. The molecule has 4 rings (SSSR count). The topological polar surface area (TPSA) is 58.6 Å². The molecule has 0 saturated carbocycles. The van der Waals surface area contributed by atoms with Crippen LogP contribution in [0.2, 0.25) is 5.02 Å². The number of halogens is 3. The molecule has 3 aromatic rings. The highest BCUT2D eigenvalue weighted by molar-refractivity contribution is 14.1. The molecule has 0 aliphatic carbocycles. The van der Waals surface area contributed by atoms with E-state index in [2.05, 4.69) is 81.7 Å². The van der Waals surface area contributed by atoms with Crippen LogP contribution in [-0.2, 0) is 11.4 Å². The lowest BCUT2D eigenvalue weighted by Gasteiger charge is -2.12. The number of ether oxygens (including phenoxy) is 1. The molecule has 0 atom stereocenters. The summed E-state index contributed by atoms with van der Waals surface area (Å²) in [7, 11) is 0. The van der Waals surface area contributed by atoms with Crippen LogP contribution in [0.5, 0.6) is 5.75 Å². The van der Waals surface area contributed by atoms with Gasteiger partial charge in [-0.15, -0.1) is 0 Å². The minimum absolute atomic E-state index is 0.213. The summed E-state index contributed by atoms with van der Waals surface area (Å²) in [4.78, 5) is 26.3. The lowest BCUT2D eigenvalue weighted by Crippen LogP contribution is -2.30. The quantitative estimate of drug-likeness (QED) is 0.191. The Morgan fingerprint density at radius 2 is 1.62 bits per heavy atom. The number of nitrogens with zero attached hydrogens (tertiary/aromatic N) is 1. The second-order valence-corrected chi connectivity index (χ2v) is 9.95. The van der Waals surface area contributed by atoms with Gasteiger partial charge in [0.1, 0.15) is 18.1 Å². The van der Waals surface area contributed by atoms with E-state index in [1.807, 2.05) is 12.1 Å². The Balaban J connectivity index is 1.54. The van der Waals surface area contributed by atoms with Crippen LogP contribution in [0.1, 0.15) is 16.7 Å². The molecule has 0 spiro atoms. The number of carbonyl (C=O) groups is 2. The van der Waals surface area contributed by atoms with Crippen molar-refractivity contribution in [1.82, 2.24) is 5.32 Å². The standard InChI is InChI=1S/C24H17ClI2N2O3/c1-14-2-4-15(5-3-14)13-32-22-19(26)10-16(11-20(22)27)12-21-23(30)29(24(31)28-21)18-8-6-17(25)7-9-18/h2-12H,13H2,1H3,(H,28,31)/b21-12+. The molecular weight excluding hydrogens is 654 g/mol. The average molecular weight is 671 g/mol. The predicted octanol–water partition coefficient (Wildman–Crippen LogP) is 6.53. The molecule has 1 heterocycles. The van der Waals surface area contributed by atoms with E-state index >= 15 is 0 Å². The van der Waals surface area contributed by atoms with E-state index < -0.39 is 11.9 Å². The van der Waals surface area contributed by atoms with E-state index in [0.717, 1.165) is 28.9 Å². The van der Waals surface area contributed by atoms with Gasteiger partial charge in [0.2, 0.25) is 0 Å². The maximum atomic E-state index is 12.8. The minimum Gasteiger partial charge on any atom is -0.487 e. The average Bonchev–Trinajstić information content (AvgIpc) is 3.02. The Morgan fingerprint density at radius 1 is 1.00 bits per heavy atom. The molecule has 0 unspecified atom stereocenters. The SMILES string of the molecule is Cc1ccc(COc2c(I)cc(/C=C3/NC(=O)N(c4ccc(Cl)cc4)C3=O)cc2I)cc1. The van der Waals surface area contributed by atoms with Crippen molar-refractivity contribution in [2.45, 2.75) is 13.5 Å². The molecule has 1 N–H and O–H groups in total. The predicted molar refractivity (Wildman–Crippen MR) is 143 cm³/mol. The third-order valence-corrected chi connectivity index (χ3v) is 6.65. The van der Waals surface area contributed by atoms with Crippen molar-refractivity contribution in [3.63, 3.8) is 0 Å². The van der Waals surface area contributed by atoms with Crippen molar-refractivity contribution < 1.29 is 14.3 Å². The molecular formula is C24H17ClI2N2O3. The van der Waals surface area contributed by atoms with E-state index in [4.69, 9.17) is 16.3 Å². The first-order valence-electron chi connectivity index (χ1n) is 9.62. The van der Waals surface area contributed by atoms with Gasteiger partial charge < -0.3 is 10.1 Å². The summed E-state index contributed by atoms with van der Waals surface area (Å²) in [5.41, 5.74) is 3.77. The fourth-order valence-electron chi connectivity index (χ4n) is 3.17. The lowest BCUT2D eigenvalue weighted by atomic mass is 10.1. The van der Waals surface area contributed by atoms with Gasteiger partial charge in [-0.1, -0.05) is 41.4 Å². The fraction of sp³-hybridized carbons (Fsp3) is 0.0833. The van der Waals surface area contributed by atoms with Crippen molar-refractivity contribution in [2.24, 2.45) is 0 Å². The maximum absolute atomic E-state index is 12.8. The smallest absolute Gasteiger partial charge is 0.333 e. The van der Waals surface area contributed by atoms with E-state index in [9.17, 15) is 9.59 Å². The van der Waals surface area contributed by atoms with Gasteiger partial charge in [-0.3, -0.25) is 4.79 Å². The van der Waals surface area contributed by atoms with Crippen molar-refractivity contribution in [3.8, 4) is 5.75 Å². The number of aryl methyl sites for hydroxylation is 1. The Bertz CT molecular complexity index is 1200. The first-order chi connectivity index (χ1) is 15.3. The summed E-state index contributed by atoms with van der Waals surface area (Å²) in [6.45, 7) is 2.52. The zero-order valence-corrected chi connectivity index (χ0v) is 21.9. The number of carbonyl (C=O) groups excluding carboxylic acids is 2. The lowest BCUT2D eigenvalue weighted by molar-refractivity contribution is -0.113. The van der Waals surface area contributed by atoms with Crippen LogP contribution in [0.15, 0.2) is 66.4 Å². The van der Waals surface area contributed by atoms with Gasteiger partial charge in [-0.2, -0.15) is 0 Å². The first-order valence-corrected chi connectivity index (χ1v) is 12.2. The number of rotatable bonds is 5. The summed E-state index contributed by atoms with van der Waals surface area (Å²) in [6, 6.07) is 18.1. The highest BCUT2D eigenvalue weighted by Crippen LogP contribution is 2.31. The van der Waals surface area contributed by atoms with Crippen LogP contribution < -0.4 is 15.0 Å². The molecule has 162 valence electrons. The highest BCUT2D eigenvalue weighted by Gasteiger charge is 2.34. The Hall–Kier alpha value is -2.11. The van der Waals surface area contributed by atoms with Gasteiger partial charge in [0.25, 0.3) is 5.91 Å². The number of amides is 3. The normalized spacial score (nSPS) is 14.8. The molecule has 1 saturated heterocycles. The van der Waals surface area contributed by atoms with Gasteiger partial charge >= 0.3 is 6.03 Å². The monoisotopic (exact) mass is 670 g/mol. The van der Waals surface area contributed by atoms with Crippen molar-refractivity contribution in [3.05, 3.63) is 95.2 Å². The van der Waals surface area contributed by atoms with Crippen LogP contribution in [0.3, 0.4) is 0 Å². The second-order valence-electron chi connectivity index (χ2n) is 7.19. The highest BCUT2D eigenvalue weighted by atomic mass is 127. The number of benzene rings is 3. The van der Waals surface area contributed by atoms with Crippen molar-refractivity contribution in [2.75, 3.05) is 4.90 Å². The summed E-state index contributed by atoms with van der Waals surface area (Å²) in [5.74, 6) is 0.375. The molecule has 0 radical (unpaired) electrons. The van der Waals surface area contributed by atoms with Crippen LogP contribution in [0.4, 0.5) is 10.5 Å². The number of hydrogen-bond acceptors (Lipinski definition) is 3. The van der Waals surface area contributed by atoms with Gasteiger partial charge in [-0.05, 0) is 106 Å². The fourth-order valence-corrected chi connectivity index (χ4v) is 5.42. The number of imide groups is 1. The van der Waals surface area contributed by atoms with E-state index in [-0.39, 0.29) is 5.70 Å². The third-order valence-electron chi connectivity index (χ3n) is 4.80. The molecule has 0 aromatic heterocycles. The zero-order valence-electron chi connectivity index (χ0n) is 16.9. The van der Waals surface area contributed by atoms with Gasteiger partial charge in [0.15, 0.2) is 0 Å². The van der Waals surface area contributed by atoms with Crippen molar-refractivity contribution >= 4 is 80.5 Å². The van der Waals surface area contributed by atoms with Gasteiger partial charge in [-0.25, -0.2) is 9.69 Å². The first kappa shape index (κ1) is 23.1. The molecule has 0 bridgehead atoms. The largest absolute Gasteiger partial charge is 0.487 e. The van der Waals surface area contributed by atoms with Crippen LogP contribution in [0.25, 0.3) is 6.08 Å². The van der Waals surface area contributed by atoms with E-state index in [0.29, 0.717) is 17.3 Å². The Labute approximate surface area is 218 Å².